The molecule has 25 heavy (non-hydrogen) atoms. The van der Waals surface area contributed by atoms with Gasteiger partial charge in [-0.3, -0.25) is 9.88 Å². The first-order chi connectivity index (χ1) is 12.1. The fourth-order valence-corrected chi connectivity index (χ4v) is 3.02. The van der Waals surface area contributed by atoms with Crippen molar-refractivity contribution in [2.75, 3.05) is 26.2 Å². The van der Waals surface area contributed by atoms with Crippen LogP contribution >= 0.6 is 0 Å². The van der Waals surface area contributed by atoms with Gasteiger partial charge in [0.15, 0.2) is 0 Å². The number of aromatic nitrogens is 2. The minimum Gasteiger partial charge on any atom is -0.364 e. The molecule has 2 aromatic heterocycles. The van der Waals surface area contributed by atoms with Crippen molar-refractivity contribution in [3.05, 3.63) is 48.1 Å². The molecule has 1 saturated heterocycles. The van der Waals surface area contributed by atoms with Crippen molar-refractivity contribution in [2.45, 2.75) is 26.4 Å². The zero-order chi connectivity index (χ0) is 17.6. The standard InChI is InChI=1S/C18H25N5O2/c1-14(2)17(16-5-3-4-7-19-16)20-18(24)23-10-8-22(9-11-23)13-15-6-12-25-21-15/h3-7,12,14,17H,8-11,13H2,1-2H3,(H,20,24). The topological polar surface area (TPSA) is 74.5 Å². The van der Waals surface area contributed by atoms with Crippen LogP contribution in [0.1, 0.15) is 31.3 Å². The van der Waals surface area contributed by atoms with Gasteiger partial charge in [0.2, 0.25) is 0 Å². The lowest BCUT2D eigenvalue weighted by molar-refractivity contribution is 0.130. The molecule has 0 bridgehead atoms. The Morgan fingerprint density at radius 2 is 2.04 bits per heavy atom. The van der Waals surface area contributed by atoms with Crippen LogP contribution in [0.3, 0.4) is 0 Å². The van der Waals surface area contributed by atoms with Gasteiger partial charge in [0, 0.05) is 45.0 Å². The van der Waals surface area contributed by atoms with Crippen molar-refractivity contribution in [2.24, 2.45) is 5.92 Å². The van der Waals surface area contributed by atoms with Gasteiger partial charge in [0.05, 0.1) is 17.4 Å². The maximum atomic E-state index is 12.7. The smallest absolute Gasteiger partial charge is 0.318 e. The van der Waals surface area contributed by atoms with Crippen LogP contribution < -0.4 is 5.32 Å². The van der Waals surface area contributed by atoms with E-state index in [1.165, 1.54) is 0 Å². The minimum atomic E-state index is -0.0816. The summed E-state index contributed by atoms with van der Waals surface area (Å²) in [4.78, 5) is 21.2. The molecular formula is C18H25N5O2. The monoisotopic (exact) mass is 343 g/mol. The molecule has 0 aromatic carbocycles. The van der Waals surface area contributed by atoms with Crippen LogP contribution in [0.15, 0.2) is 41.2 Å². The summed E-state index contributed by atoms with van der Waals surface area (Å²) in [5.41, 5.74) is 1.82. The molecule has 1 aliphatic rings. The Balaban J connectivity index is 1.53. The highest BCUT2D eigenvalue weighted by atomic mass is 16.5. The van der Waals surface area contributed by atoms with E-state index in [0.717, 1.165) is 31.0 Å². The van der Waals surface area contributed by atoms with Gasteiger partial charge >= 0.3 is 6.03 Å². The highest BCUT2D eigenvalue weighted by molar-refractivity contribution is 5.74. The third kappa shape index (κ3) is 4.57. The Hall–Kier alpha value is -2.41. The molecular weight excluding hydrogens is 318 g/mol. The van der Waals surface area contributed by atoms with E-state index in [2.05, 4.69) is 34.2 Å². The van der Waals surface area contributed by atoms with Crippen molar-refractivity contribution in [1.29, 1.82) is 0 Å². The van der Waals surface area contributed by atoms with Crippen molar-refractivity contribution >= 4 is 6.03 Å². The van der Waals surface area contributed by atoms with Crippen molar-refractivity contribution in [3.8, 4) is 0 Å². The summed E-state index contributed by atoms with van der Waals surface area (Å²) >= 11 is 0. The van der Waals surface area contributed by atoms with Crippen LogP contribution in [0.25, 0.3) is 0 Å². The van der Waals surface area contributed by atoms with E-state index in [9.17, 15) is 4.79 Å². The summed E-state index contributed by atoms with van der Waals surface area (Å²) in [6.45, 7) is 8.01. The average molecular weight is 343 g/mol. The second-order valence-electron chi connectivity index (χ2n) is 6.68. The first-order valence-electron chi connectivity index (χ1n) is 8.71. The molecule has 0 aliphatic carbocycles. The molecule has 134 valence electrons. The third-order valence-electron chi connectivity index (χ3n) is 4.49. The molecule has 1 unspecified atom stereocenters. The highest BCUT2D eigenvalue weighted by Gasteiger charge is 2.25. The molecule has 2 aromatic rings. The van der Waals surface area contributed by atoms with Crippen molar-refractivity contribution < 1.29 is 9.32 Å². The molecule has 1 fully saturated rings. The lowest BCUT2D eigenvalue weighted by atomic mass is 10.0. The van der Waals surface area contributed by atoms with E-state index in [1.54, 1.807) is 12.5 Å². The number of pyridine rings is 1. The molecule has 7 heteroatoms. The summed E-state index contributed by atoms with van der Waals surface area (Å²) in [5, 5.41) is 7.08. The molecule has 1 atom stereocenters. The van der Waals surface area contributed by atoms with Gasteiger partial charge in [-0.15, -0.1) is 0 Å². The molecule has 7 nitrogen and oxygen atoms in total. The first-order valence-corrected chi connectivity index (χ1v) is 8.71. The van der Waals surface area contributed by atoms with Crippen LogP contribution in [0.4, 0.5) is 4.79 Å². The van der Waals surface area contributed by atoms with Gasteiger partial charge in [-0.1, -0.05) is 25.1 Å². The Bertz CT molecular complexity index is 651. The number of rotatable bonds is 5. The van der Waals surface area contributed by atoms with E-state index >= 15 is 0 Å². The highest BCUT2D eigenvalue weighted by Crippen LogP contribution is 2.20. The molecule has 3 rings (SSSR count). The molecule has 0 radical (unpaired) electrons. The quantitative estimate of drug-likeness (QED) is 0.902. The van der Waals surface area contributed by atoms with E-state index in [4.69, 9.17) is 4.52 Å². The molecule has 0 saturated carbocycles. The lowest BCUT2D eigenvalue weighted by Crippen LogP contribution is -2.52. The number of carbonyl (C=O) groups is 1. The molecule has 1 aliphatic heterocycles. The number of nitrogens with zero attached hydrogens (tertiary/aromatic N) is 4. The Morgan fingerprint density at radius 3 is 2.64 bits per heavy atom. The number of amides is 2. The SMILES string of the molecule is CC(C)C(NC(=O)N1CCN(Cc2ccon2)CC1)c1ccccn1. The second-order valence-corrected chi connectivity index (χ2v) is 6.68. The van der Waals surface area contributed by atoms with Crippen LogP contribution in [0, 0.1) is 5.92 Å². The number of nitrogens with one attached hydrogen (secondary N) is 1. The largest absolute Gasteiger partial charge is 0.364 e. The zero-order valence-electron chi connectivity index (χ0n) is 14.8. The van der Waals surface area contributed by atoms with Crippen LogP contribution in [0.5, 0.6) is 0 Å². The molecule has 3 heterocycles. The summed E-state index contributed by atoms with van der Waals surface area (Å²) in [7, 11) is 0. The second kappa shape index (κ2) is 8.11. The number of carbonyl (C=O) groups excluding carboxylic acids is 1. The minimum absolute atomic E-state index is 0.0227. The first kappa shape index (κ1) is 17.4. The number of hydrogen-bond donors (Lipinski definition) is 1. The van der Waals surface area contributed by atoms with E-state index in [1.807, 2.05) is 29.2 Å². The van der Waals surface area contributed by atoms with Crippen molar-refractivity contribution in [3.63, 3.8) is 0 Å². The summed E-state index contributed by atoms with van der Waals surface area (Å²) in [5.74, 6) is 0.271. The maximum absolute atomic E-state index is 12.7. The van der Waals surface area contributed by atoms with Crippen molar-refractivity contribution in [1.82, 2.24) is 25.3 Å². The van der Waals surface area contributed by atoms with Gasteiger partial charge in [-0.05, 0) is 18.1 Å². The van der Waals surface area contributed by atoms with Crippen LogP contribution in [0.2, 0.25) is 0 Å². The Morgan fingerprint density at radius 1 is 1.24 bits per heavy atom. The molecule has 1 N–H and O–H groups in total. The normalized spacial score (nSPS) is 16.8. The predicted octanol–water partition coefficient (Wildman–Crippen LogP) is 2.29. The zero-order valence-corrected chi connectivity index (χ0v) is 14.8. The van der Waals surface area contributed by atoms with Gasteiger partial charge in [0.1, 0.15) is 6.26 Å². The average Bonchev–Trinajstić information content (AvgIpc) is 3.13. The number of hydrogen-bond acceptors (Lipinski definition) is 5. The number of urea groups is 1. The van der Waals surface area contributed by atoms with E-state index < -0.39 is 0 Å². The molecule has 0 spiro atoms. The van der Waals surface area contributed by atoms with Gasteiger partial charge < -0.3 is 14.7 Å². The maximum Gasteiger partial charge on any atom is 0.318 e. The van der Waals surface area contributed by atoms with Gasteiger partial charge in [0.25, 0.3) is 0 Å². The van der Waals surface area contributed by atoms with Gasteiger partial charge in [-0.25, -0.2) is 4.79 Å². The van der Waals surface area contributed by atoms with Crippen LogP contribution in [-0.2, 0) is 6.54 Å². The van der Waals surface area contributed by atoms with Gasteiger partial charge in [-0.2, -0.15) is 0 Å². The van der Waals surface area contributed by atoms with E-state index in [0.29, 0.717) is 13.1 Å². The Labute approximate surface area is 148 Å². The summed E-state index contributed by atoms with van der Waals surface area (Å²) in [6.07, 6.45) is 3.35. The lowest BCUT2D eigenvalue weighted by Gasteiger charge is -2.35. The fraction of sp³-hybridized carbons (Fsp3) is 0.500. The third-order valence-corrected chi connectivity index (χ3v) is 4.49. The molecule has 2 amide bonds. The predicted molar refractivity (Wildman–Crippen MR) is 93.7 cm³/mol. The summed E-state index contributed by atoms with van der Waals surface area (Å²) in [6, 6.07) is 7.57. The van der Waals surface area contributed by atoms with E-state index in [-0.39, 0.29) is 18.0 Å². The Kier molecular flexibility index (Phi) is 5.65. The summed E-state index contributed by atoms with van der Waals surface area (Å²) < 4.78 is 4.87. The van der Waals surface area contributed by atoms with Crippen LogP contribution in [-0.4, -0.2) is 52.2 Å². The number of piperazine rings is 1. The fourth-order valence-electron chi connectivity index (χ4n) is 3.02.